The molecule has 0 fully saturated rings. The van der Waals surface area contributed by atoms with Gasteiger partial charge in [-0.1, -0.05) is 6.07 Å². The van der Waals surface area contributed by atoms with Crippen LogP contribution in [0.3, 0.4) is 0 Å². The highest BCUT2D eigenvalue weighted by Crippen LogP contribution is 2.15. The predicted octanol–water partition coefficient (Wildman–Crippen LogP) is 1.13. The Balaban J connectivity index is 3.10. The Bertz CT molecular complexity index is 312. The summed E-state index contributed by atoms with van der Waals surface area (Å²) in [6, 6.07) is 4.68. The van der Waals surface area contributed by atoms with E-state index in [2.05, 4.69) is 12.6 Å². The number of hydrogen-bond acceptors (Lipinski definition) is 3. The molecular weight excluding hydrogens is 174 g/mol. The number of carbonyl (C=O) groups is 1. The van der Waals surface area contributed by atoms with Crippen LogP contribution in [-0.4, -0.2) is 11.1 Å². The highest BCUT2D eigenvalue weighted by molar-refractivity contribution is 7.80. The number of nitrogens with two attached hydrogens (primary N) is 1. The molecule has 0 radical (unpaired) electrons. The fraction of sp³-hybridized carbons (Fsp3) is 0.125. The highest BCUT2D eigenvalue weighted by atomic mass is 32.1. The summed E-state index contributed by atoms with van der Waals surface area (Å²) in [7, 11) is 0. The molecule has 0 heterocycles. The first kappa shape index (κ1) is 9.09. The summed E-state index contributed by atoms with van der Waals surface area (Å²) in [6.07, 6.45) is 0. The second kappa shape index (κ2) is 3.60. The first-order chi connectivity index (χ1) is 5.65. The Morgan fingerprint density at radius 2 is 2.25 bits per heavy atom. The van der Waals surface area contributed by atoms with Crippen molar-refractivity contribution in [3.05, 3.63) is 29.3 Å². The molecule has 0 saturated heterocycles. The number of rotatable bonds is 2. The van der Waals surface area contributed by atoms with E-state index >= 15 is 0 Å². The van der Waals surface area contributed by atoms with E-state index in [4.69, 9.17) is 10.8 Å². The summed E-state index contributed by atoms with van der Waals surface area (Å²) in [5.41, 5.74) is 6.46. The first-order valence-electron chi connectivity index (χ1n) is 3.40. The van der Waals surface area contributed by atoms with Gasteiger partial charge in [0.2, 0.25) is 0 Å². The number of thiol groups is 1. The minimum absolute atomic E-state index is 0.234. The molecule has 0 aliphatic rings. The van der Waals surface area contributed by atoms with Gasteiger partial charge >= 0.3 is 5.97 Å². The van der Waals surface area contributed by atoms with Crippen LogP contribution in [0.2, 0.25) is 0 Å². The van der Waals surface area contributed by atoms with E-state index in [1.165, 1.54) is 12.1 Å². The van der Waals surface area contributed by atoms with Crippen LogP contribution in [0.4, 0.5) is 0 Å². The lowest BCUT2D eigenvalue weighted by molar-refractivity contribution is 0.0696. The lowest BCUT2D eigenvalue weighted by atomic mass is 10.1. The van der Waals surface area contributed by atoms with E-state index < -0.39 is 5.97 Å². The van der Waals surface area contributed by atoms with Gasteiger partial charge in [-0.05, 0) is 17.7 Å². The van der Waals surface area contributed by atoms with Crippen molar-refractivity contribution in [2.45, 2.75) is 11.4 Å². The van der Waals surface area contributed by atoms with E-state index in [9.17, 15) is 4.79 Å². The SMILES string of the molecule is NCc1ccc(C(=O)O)cc1S. The second-order valence-corrected chi connectivity index (χ2v) is 2.83. The fourth-order valence-corrected chi connectivity index (χ4v) is 1.17. The molecule has 0 unspecified atom stereocenters. The van der Waals surface area contributed by atoms with Crippen molar-refractivity contribution in [3.8, 4) is 0 Å². The molecule has 1 aromatic rings. The molecule has 3 nitrogen and oxygen atoms in total. The highest BCUT2D eigenvalue weighted by Gasteiger charge is 2.04. The van der Waals surface area contributed by atoms with E-state index in [1.54, 1.807) is 6.07 Å². The Labute approximate surface area is 75.6 Å². The van der Waals surface area contributed by atoms with Crippen molar-refractivity contribution in [1.29, 1.82) is 0 Å². The number of benzene rings is 1. The Morgan fingerprint density at radius 3 is 2.67 bits per heavy atom. The van der Waals surface area contributed by atoms with Crippen LogP contribution in [0.25, 0.3) is 0 Å². The van der Waals surface area contributed by atoms with Gasteiger partial charge in [0.25, 0.3) is 0 Å². The molecule has 64 valence electrons. The van der Waals surface area contributed by atoms with Gasteiger partial charge in [0.1, 0.15) is 0 Å². The third kappa shape index (κ3) is 1.78. The van der Waals surface area contributed by atoms with Gasteiger partial charge < -0.3 is 10.8 Å². The lowest BCUT2D eigenvalue weighted by Crippen LogP contribution is -2.01. The van der Waals surface area contributed by atoms with Gasteiger partial charge in [-0.15, -0.1) is 12.6 Å². The number of carboxylic acids is 1. The number of hydrogen-bond donors (Lipinski definition) is 3. The van der Waals surface area contributed by atoms with Crippen LogP contribution >= 0.6 is 12.6 Å². The molecule has 0 amide bonds. The molecule has 1 rings (SSSR count). The Hall–Kier alpha value is -1.00. The minimum atomic E-state index is -0.950. The minimum Gasteiger partial charge on any atom is -0.478 e. The summed E-state index contributed by atoms with van der Waals surface area (Å²) in [4.78, 5) is 11.1. The maximum atomic E-state index is 10.5. The molecule has 0 bridgehead atoms. The zero-order chi connectivity index (χ0) is 9.14. The maximum absolute atomic E-state index is 10.5. The van der Waals surface area contributed by atoms with Gasteiger partial charge in [0.05, 0.1) is 5.56 Å². The molecular formula is C8H9NO2S. The van der Waals surface area contributed by atoms with Crippen molar-refractivity contribution >= 4 is 18.6 Å². The van der Waals surface area contributed by atoms with Crippen molar-refractivity contribution in [1.82, 2.24) is 0 Å². The van der Waals surface area contributed by atoms with Gasteiger partial charge in [0, 0.05) is 11.4 Å². The van der Waals surface area contributed by atoms with Crippen LogP contribution in [0, 0.1) is 0 Å². The van der Waals surface area contributed by atoms with Crippen molar-refractivity contribution < 1.29 is 9.90 Å². The van der Waals surface area contributed by atoms with Crippen LogP contribution in [0.1, 0.15) is 15.9 Å². The van der Waals surface area contributed by atoms with E-state index in [0.717, 1.165) is 5.56 Å². The molecule has 0 aliphatic heterocycles. The van der Waals surface area contributed by atoms with E-state index in [1.807, 2.05) is 0 Å². The standard InChI is InChI=1S/C8H9NO2S/c9-4-6-2-1-5(8(10)11)3-7(6)12/h1-3,12H,4,9H2,(H,10,11). The zero-order valence-corrected chi connectivity index (χ0v) is 7.21. The maximum Gasteiger partial charge on any atom is 0.335 e. The normalized spacial score (nSPS) is 9.83. The molecule has 0 aliphatic carbocycles. The molecule has 4 heteroatoms. The topological polar surface area (TPSA) is 63.3 Å². The molecule has 0 atom stereocenters. The third-order valence-electron chi connectivity index (χ3n) is 1.55. The summed E-state index contributed by atoms with van der Waals surface area (Å²) in [6.45, 7) is 0.374. The average Bonchev–Trinajstić information content (AvgIpc) is 2.04. The molecule has 0 aromatic heterocycles. The molecule has 3 N–H and O–H groups in total. The average molecular weight is 183 g/mol. The molecule has 0 saturated carbocycles. The van der Waals surface area contributed by atoms with Gasteiger partial charge in [-0.25, -0.2) is 4.79 Å². The lowest BCUT2D eigenvalue weighted by Gasteiger charge is -2.02. The van der Waals surface area contributed by atoms with Crippen molar-refractivity contribution in [2.24, 2.45) is 5.73 Å². The number of aromatic carboxylic acids is 1. The quantitative estimate of drug-likeness (QED) is 0.602. The van der Waals surface area contributed by atoms with Crippen LogP contribution < -0.4 is 5.73 Å². The largest absolute Gasteiger partial charge is 0.478 e. The van der Waals surface area contributed by atoms with Gasteiger partial charge in [-0.3, -0.25) is 0 Å². The monoisotopic (exact) mass is 183 g/mol. The van der Waals surface area contributed by atoms with Crippen LogP contribution in [-0.2, 0) is 6.54 Å². The van der Waals surface area contributed by atoms with Crippen LogP contribution in [0.15, 0.2) is 23.1 Å². The van der Waals surface area contributed by atoms with Crippen molar-refractivity contribution in [3.63, 3.8) is 0 Å². The van der Waals surface area contributed by atoms with Crippen molar-refractivity contribution in [2.75, 3.05) is 0 Å². The fourth-order valence-electron chi connectivity index (χ4n) is 0.869. The molecule has 0 spiro atoms. The summed E-state index contributed by atoms with van der Waals surface area (Å²) in [5, 5.41) is 8.61. The molecule has 12 heavy (non-hydrogen) atoms. The van der Waals surface area contributed by atoms with Gasteiger partial charge in [-0.2, -0.15) is 0 Å². The number of carboxylic acid groups (broad SMARTS) is 1. The first-order valence-corrected chi connectivity index (χ1v) is 3.85. The van der Waals surface area contributed by atoms with Gasteiger partial charge in [0.15, 0.2) is 0 Å². The predicted molar refractivity (Wildman–Crippen MR) is 48.5 cm³/mol. The van der Waals surface area contributed by atoms with E-state index in [-0.39, 0.29) is 5.56 Å². The second-order valence-electron chi connectivity index (χ2n) is 2.35. The third-order valence-corrected chi connectivity index (χ3v) is 1.97. The smallest absolute Gasteiger partial charge is 0.335 e. The summed E-state index contributed by atoms with van der Waals surface area (Å²) in [5.74, 6) is -0.950. The Morgan fingerprint density at radius 1 is 1.58 bits per heavy atom. The Kier molecular flexibility index (Phi) is 2.73. The molecule has 1 aromatic carbocycles. The zero-order valence-electron chi connectivity index (χ0n) is 6.32. The van der Waals surface area contributed by atoms with Crippen LogP contribution in [0.5, 0.6) is 0 Å². The summed E-state index contributed by atoms with van der Waals surface area (Å²) < 4.78 is 0. The summed E-state index contributed by atoms with van der Waals surface area (Å²) >= 11 is 4.10. The van der Waals surface area contributed by atoms with E-state index in [0.29, 0.717) is 11.4 Å².